The second kappa shape index (κ2) is 6.71. The molecule has 2 heterocycles. The van der Waals surface area contributed by atoms with E-state index in [4.69, 9.17) is 0 Å². The predicted octanol–water partition coefficient (Wildman–Crippen LogP) is 5.27. The van der Waals surface area contributed by atoms with Gasteiger partial charge in [-0.15, -0.1) is 0 Å². The standard InChI is InChI=1S/C24H18FN3O/c1-15-10-12-16(13-11-15)21-20-22(27-26-21)24(29)28(19-8-3-2-4-9-19)23(20)17-6-5-7-18(25)14-17/h2-14,23H,1H3,(H,26,27)/t23-/m0/s1. The van der Waals surface area contributed by atoms with Crippen LogP contribution in [0.2, 0.25) is 0 Å². The number of anilines is 1. The molecule has 1 amide bonds. The SMILES string of the molecule is Cc1ccc(-c2n[nH]c3c2[C@H](c2cccc(F)c2)N(c2ccccc2)C3=O)cc1. The number of fused-ring (bicyclic) bond motifs is 1. The summed E-state index contributed by atoms with van der Waals surface area (Å²) in [5, 5.41) is 7.38. The molecule has 5 rings (SSSR count). The zero-order valence-electron chi connectivity index (χ0n) is 15.8. The molecular weight excluding hydrogens is 365 g/mol. The summed E-state index contributed by atoms with van der Waals surface area (Å²) in [7, 11) is 0. The van der Waals surface area contributed by atoms with Crippen LogP contribution in [0.15, 0.2) is 78.9 Å². The first kappa shape index (κ1) is 17.4. The summed E-state index contributed by atoms with van der Waals surface area (Å²) in [6.07, 6.45) is 0. The van der Waals surface area contributed by atoms with Gasteiger partial charge in [0, 0.05) is 16.8 Å². The molecule has 0 radical (unpaired) electrons. The van der Waals surface area contributed by atoms with Crippen molar-refractivity contribution in [2.24, 2.45) is 0 Å². The smallest absolute Gasteiger partial charge is 0.277 e. The van der Waals surface area contributed by atoms with Crippen LogP contribution in [0, 0.1) is 12.7 Å². The number of hydrogen-bond donors (Lipinski definition) is 1. The summed E-state index contributed by atoms with van der Waals surface area (Å²) in [6, 6.07) is 23.4. The highest BCUT2D eigenvalue weighted by atomic mass is 19.1. The number of carbonyl (C=O) groups excluding carboxylic acids is 1. The monoisotopic (exact) mass is 383 g/mol. The average molecular weight is 383 g/mol. The maximum Gasteiger partial charge on any atom is 0.277 e. The molecular formula is C24H18FN3O. The minimum absolute atomic E-state index is 0.175. The van der Waals surface area contributed by atoms with Gasteiger partial charge in [-0.25, -0.2) is 4.39 Å². The Labute approximate surface area is 167 Å². The number of H-pyrrole nitrogens is 1. The van der Waals surface area contributed by atoms with Crippen molar-refractivity contribution in [2.45, 2.75) is 13.0 Å². The van der Waals surface area contributed by atoms with Crippen LogP contribution >= 0.6 is 0 Å². The van der Waals surface area contributed by atoms with Gasteiger partial charge in [-0.3, -0.25) is 14.8 Å². The highest BCUT2D eigenvalue weighted by Gasteiger charge is 2.43. The van der Waals surface area contributed by atoms with E-state index in [1.165, 1.54) is 12.1 Å². The number of aryl methyl sites for hydroxylation is 1. The molecule has 0 spiro atoms. The number of carbonyl (C=O) groups is 1. The fourth-order valence-corrected chi connectivity index (χ4v) is 3.93. The first-order valence-electron chi connectivity index (χ1n) is 9.43. The van der Waals surface area contributed by atoms with E-state index >= 15 is 0 Å². The summed E-state index contributed by atoms with van der Waals surface area (Å²) in [4.78, 5) is 15.0. The van der Waals surface area contributed by atoms with Gasteiger partial charge >= 0.3 is 0 Å². The number of rotatable bonds is 3. The second-order valence-electron chi connectivity index (χ2n) is 7.20. The Bertz CT molecular complexity index is 1200. The van der Waals surface area contributed by atoms with Gasteiger partial charge in [-0.2, -0.15) is 5.10 Å². The van der Waals surface area contributed by atoms with Crippen molar-refractivity contribution in [3.63, 3.8) is 0 Å². The minimum atomic E-state index is -0.467. The van der Waals surface area contributed by atoms with Crippen LogP contribution in [-0.2, 0) is 0 Å². The van der Waals surface area contributed by atoms with E-state index < -0.39 is 6.04 Å². The Hall–Kier alpha value is -3.73. The van der Waals surface area contributed by atoms with E-state index in [1.54, 1.807) is 11.0 Å². The van der Waals surface area contributed by atoms with Crippen molar-refractivity contribution in [2.75, 3.05) is 4.90 Å². The summed E-state index contributed by atoms with van der Waals surface area (Å²) >= 11 is 0. The summed E-state index contributed by atoms with van der Waals surface area (Å²) in [6.45, 7) is 2.02. The Morgan fingerprint density at radius 2 is 1.72 bits per heavy atom. The van der Waals surface area contributed by atoms with Gasteiger partial charge in [0.1, 0.15) is 11.5 Å². The molecule has 1 aliphatic rings. The zero-order chi connectivity index (χ0) is 20.0. The molecule has 1 aliphatic heterocycles. The highest BCUT2D eigenvalue weighted by molar-refractivity contribution is 6.11. The summed E-state index contributed by atoms with van der Waals surface area (Å²) in [5.41, 5.74) is 5.44. The molecule has 0 unspecified atom stereocenters. The number of halogens is 1. The van der Waals surface area contributed by atoms with Crippen LogP contribution in [0.25, 0.3) is 11.3 Å². The first-order chi connectivity index (χ1) is 14.1. The van der Waals surface area contributed by atoms with Gasteiger partial charge in [0.25, 0.3) is 5.91 Å². The van der Waals surface area contributed by atoms with Crippen molar-refractivity contribution in [1.82, 2.24) is 10.2 Å². The fraction of sp³-hybridized carbons (Fsp3) is 0.0833. The molecule has 142 valence electrons. The van der Waals surface area contributed by atoms with E-state index in [0.717, 1.165) is 22.4 Å². The second-order valence-corrected chi connectivity index (χ2v) is 7.20. The lowest BCUT2D eigenvalue weighted by Gasteiger charge is -2.26. The topological polar surface area (TPSA) is 49.0 Å². The van der Waals surface area contributed by atoms with Gasteiger partial charge in [0.2, 0.25) is 0 Å². The lowest BCUT2D eigenvalue weighted by atomic mass is 9.95. The number of nitrogens with one attached hydrogen (secondary N) is 1. The Balaban J connectivity index is 1.74. The van der Waals surface area contributed by atoms with Crippen molar-refractivity contribution in [1.29, 1.82) is 0 Å². The van der Waals surface area contributed by atoms with Gasteiger partial charge < -0.3 is 0 Å². The molecule has 0 bridgehead atoms. The predicted molar refractivity (Wildman–Crippen MR) is 110 cm³/mol. The van der Waals surface area contributed by atoms with Gasteiger partial charge in [-0.05, 0) is 36.8 Å². The number of benzene rings is 3. The average Bonchev–Trinajstić information content (AvgIpc) is 3.28. The van der Waals surface area contributed by atoms with Crippen molar-refractivity contribution >= 4 is 11.6 Å². The third kappa shape index (κ3) is 2.83. The highest BCUT2D eigenvalue weighted by Crippen LogP contribution is 2.44. The lowest BCUT2D eigenvalue weighted by molar-refractivity contribution is 0.0988. The maximum absolute atomic E-state index is 14.1. The normalized spacial score (nSPS) is 15.6. The third-order valence-electron chi connectivity index (χ3n) is 5.29. The molecule has 1 N–H and O–H groups in total. The van der Waals surface area contributed by atoms with Crippen LogP contribution in [0.3, 0.4) is 0 Å². The first-order valence-corrected chi connectivity index (χ1v) is 9.43. The molecule has 0 fully saturated rings. The molecule has 1 atom stereocenters. The van der Waals surface area contributed by atoms with Gasteiger partial charge in [0.05, 0.1) is 11.7 Å². The number of hydrogen-bond acceptors (Lipinski definition) is 2. The maximum atomic E-state index is 14.1. The van der Waals surface area contributed by atoms with E-state index in [9.17, 15) is 9.18 Å². The lowest BCUT2D eigenvalue weighted by Crippen LogP contribution is -2.29. The van der Waals surface area contributed by atoms with E-state index in [1.807, 2.05) is 67.6 Å². The van der Waals surface area contributed by atoms with Crippen molar-refractivity contribution < 1.29 is 9.18 Å². The van der Waals surface area contributed by atoms with Crippen molar-refractivity contribution in [3.8, 4) is 11.3 Å². The van der Waals surface area contributed by atoms with Gasteiger partial charge in [0.15, 0.2) is 0 Å². The summed E-state index contributed by atoms with van der Waals surface area (Å²) < 4.78 is 14.1. The Kier molecular flexibility index (Phi) is 4.02. The largest absolute Gasteiger partial charge is 0.295 e. The van der Waals surface area contributed by atoms with E-state index in [2.05, 4.69) is 10.2 Å². The molecule has 0 aliphatic carbocycles. The molecule has 4 aromatic rings. The number of aromatic amines is 1. The molecule has 5 heteroatoms. The van der Waals surface area contributed by atoms with Crippen LogP contribution < -0.4 is 4.90 Å². The quantitative estimate of drug-likeness (QED) is 0.524. The minimum Gasteiger partial charge on any atom is -0.295 e. The van der Waals surface area contributed by atoms with Crippen LogP contribution in [0.1, 0.15) is 33.2 Å². The fourth-order valence-electron chi connectivity index (χ4n) is 3.93. The van der Waals surface area contributed by atoms with E-state index in [0.29, 0.717) is 17.0 Å². The number of amides is 1. The Morgan fingerprint density at radius 1 is 0.966 bits per heavy atom. The van der Waals surface area contributed by atoms with E-state index in [-0.39, 0.29) is 11.7 Å². The molecule has 1 aromatic heterocycles. The van der Waals surface area contributed by atoms with Crippen LogP contribution in [-0.4, -0.2) is 16.1 Å². The zero-order valence-corrected chi connectivity index (χ0v) is 15.8. The number of aromatic nitrogens is 2. The molecule has 29 heavy (non-hydrogen) atoms. The molecule has 4 nitrogen and oxygen atoms in total. The van der Waals surface area contributed by atoms with Gasteiger partial charge in [-0.1, -0.05) is 60.2 Å². The summed E-state index contributed by atoms with van der Waals surface area (Å²) in [5.74, 6) is -0.511. The Morgan fingerprint density at radius 3 is 2.45 bits per heavy atom. The molecule has 0 saturated heterocycles. The van der Waals surface area contributed by atoms with Crippen molar-refractivity contribution in [3.05, 3.63) is 107 Å². The van der Waals surface area contributed by atoms with Crippen LogP contribution in [0.5, 0.6) is 0 Å². The third-order valence-corrected chi connectivity index (χ3v) is 5.29. The molecule has 0 saturated carbocycles. The molecule has 3 aromatic carbocycles. The number of para-hydroxylation sites is 1. The van der Waals surface area contributed by atoms with Crippen LogP contribution in [0.4, 0.5) is 10.1 Å². The number of nitrogens with zero attached hydrogens (tertiary/aromatic N) is 2.